The molecule has 0 atom stereocenters. The van der Waals surface area contributed by atoms with Gasteiger partial charge in [-0.3, -0.25) is 0 Å². The van der Waals surface area contributed by atoms with Gasteiger partial charge in [0.05, 0.1) is 5.02 Å². The Balaban J connectivity index is 2.04. The Bertz CT molecular complexity index is 593. The molecule has 106 valence electrons. The summed E-state index contributed by atoms with van der Waals surface area (Å²) in [6, 6.07) is 12.0. The standard InChI is InChI=1S/C14H13ClF2N2O/c15-11-7-10(5-6-13(11)20-14(16)17)19-8-9-3-1-2-4-12(9)18/h1-7,14,19H,8,18H2. The molecule has 2 aromatic carbocycles. The second-order valence-electron chi connectivity index (χ2n) is 4.08. The zero-order chi connectivity index (χ0) is 14.5. The van der Waals surface area contributed by atoms with Crippen molar-refractivity contribution < 1.29 is 13.5 Å². The number of rotatable bonds is 5. The largest absolute Gasteiger partial charge is 0.433 e. The molecule has 0 aliphatic rings. The van der Waals surface area contributed by atoms with Crippen LogP contribution in [0.5, 0.6) is 5.75 Å². The van der Waals surface area contributed by atoms with E-state index in [1.165, 1.54) is 12.1 Å². The minimum atomic E-state index is -2.89. The summed E-state index contributed by atoms with van der Waals surface area (Å²) in [5.74, 6) is -0.0496. The van der Waals surface area contributed by atoms with Gasteiger partial charge in [0, 0.05) is 17.9 Å². The van der Waals surface area contributed by atoms with Crippen LogP contribution in [-0.2, 0) is 6.54 Å². The zero-order valence-electron chi connectivity index (χ0n) is 10.4. The fraction of sp³-hybridized carbons (Fsp3) is 0.143. The van der Waals surface area contributed by atoms with Crippen LogP contribution < -0.4 is 15.8 Å². The first-order valence-electron chi connectivity index (χ1n) is 5.88. The highest BCUT2D eigenvalue weighted by molar-refractivity contribution is 6.32. The second kappa shape index (κ2) is 6.43. The highest BCUT2D eigenvalue weighted by Crippen LogP contribution is 2.29. The topological polar surface area (TPSA) is 47.3 Å². The molecular weight excluding hydrogens is 286 g/mol. The van der Waals surface area contributed by atoms with Gasteiger partial charge >= 0.3 is 6.61 Å². The lowest BCUT2D eigenvalue weighted by Gasteiger charge is -2.11. The van der Waals surface area contributed by atoms with Gasteiger partial charge in [-0.2, -0.15) is 8.78 Å². The number of nitrogens with one attached hydrogen (secondary N) is 1. The lowest BCUT2D eigenvalue weighted by Crippen LogP contribution is -2.04. The fourth-order valence-corrected chi connectivity index (χ4v) is 1.92. The molecule has 3 N–H and O–H groups in total. The van der Waals surface area contributed by atoms with Gasteiger partial charge in [0.15, 0.2) is 0 Å². The third-order valence-electron chi connectivity index (χ3n) is 2.69. The predicted octanol–water partition coefficient (Wildman–Crippen LogP) is 4.14. The van der Waals surface area contributed by atoms with Crippen LogP contribution in [0, 0.1) is 0 Å². The Labute approximate surface area is 120 Å². The van der Waals surface area contributed by atoms with Crippen molar-refractivity contribution in [1.82, 2.24) is 0 Å². The summed E-state index contributed by atoms with van der Waals surface area (Å²) in [7, 11) is 0. The molecule has 20 heavy (non-hydrogen) atoms. The molecule has 0 bridgehead atoms. The van der Waals surface area contributed by atoms with Crippen molar-refractivity contribution in [1.29, 1.82) is 0 Å². The van der Waals surface area contributed by atoms with Crippen LogP contribution in [0.1, 0.15) is 5.56 Å². The van der Waals surface area contributed by atoms with Gasteiger partial charge in [-0.1, -0.05) is 29.8 Å². The summed E-state index contributed by atoms with van der Waals surface area (Å²) < 4.78 is 28.5. The Hall–Kier alpha value is -2.01. The first kappa shape index (κ1) is 14.4. The molecule has 0 heterocycles. The number of hydrogen-bond donors (Lipinski definition) is 2. The molecule has 0 unspecified atom stereocenters. The van der Waals surface area contributed by atoms with Crippen molar-refractivity contribution in [2.45, 2.75) is 13.2 Å². The van der Waals surface area contributed by atoms with Crippen LogP contribution in [0.4, 0.5) is 20.2 Å². The summed E-state index contributed by atoms with van der Waals surface area (Å²) in [6.07, 6.45) is 0. The summed E-state index contributed by atoms with van der Waals surface area (Å²) in [4.78, 5) is 0. The van der Waals surface area contributed by atoms with Crippen molar-refractivity contribution in [3.63, 3.8) is 0 Å². The maximum Gasteiger partial charge on any atom is 0.387 e. The van der Waals surface area contributed by atoms with Crippen LogP contribution in [0.25, 0.3) is 0 Å². The summed E-state index contributed by atoms with van der Waals surface area (Å²) in [5.41, 5.74) is 8.14. The van der Waals surface area contributed by atoms with Crippen LogP contribution >= 0.6 is 11.6 Å². The summed E-state index contributed by atoms with van der Waals surface area (Å²) in [5, 5.41) is 3.24. The molecule has 0 radical (unpaired) electrons. The minimum Gasteiger partial charge on any atom is -0.433 e. The Morgan fingerprint density at radius 1 is 1.20 bits per heavy atom. The van der Waals surface area contributed by atoms with Gasteiger partial charge in [-0.15, -0.1) is 0 Å². The van der Waals surface area contributed by atoms with Crippen molar-refractivity contribution in [3.8, 4) is 5.75 Å². The van der Waals surface area contributed by atoms with E-state index < -0.39 is 6.61 Å². The van der Waals surface area contributed by atoms with Crippen LogP contribution in [-0.4, -0.2) is 6.61 Å². The maximum absolute atomic E-state index is 12.1. The van der Waals surface area contributed by atoms with E-state index in [-0.39, 0.29) is 10.8 Å². The van der Waals surface area contributed by atoms with Gasteiger partial charge in [-0.25, -0.2) is 0 Å². The van der Waals surface area contributed by atoms with Crippen LogP contribution in [0.15, 0.2) is 42.5 Å². The summed E-state index contributed by atoms with van der Waals surface area (Å²) in [6.45, 7) is -2.38. The second-order valence-corrected chi connectivity index (χ2v) is 4.48. The molecule has 0 aromatic heterocycles. The molecule has 0 aliphatic carbocycles. The van der Waals surface area contributed by atoms with E-state index in [1.807, 2.05) is 24.3 Å². The Kier molecular flexibility index (Phi) is 4.63. The molecule has 6 heteroatoms. The van der Waals surface area contributed by atoms with Gasteiger partial charge < -0.3 is 15.8 Å². The molecule has 3 nitrogen and oxygen atoms in total. The van der Waals surface area contributed by atoms with E-state index in [2.05, 4.69) is 10.1 Å². The molecule has 0 spiro atoms. The molecule has 2 aromatic rings. The van der Waals surface area contributed by atoms with E-state index in [9.17, 15) is 8.78 Å². The zero-order valence-corrected chi connectivity index (χ0v) is 11.2. The first-order chi connectivity index (χ1) is 9.56. The number of benzene rings is 2. The quantitative estimate of drug-likeness (QED) is 0.816. The van der Waals surface area contributed by atoms with Crippen molar-refractivity contribution in [2.75, 3.05) is 11.1 Å². The number of alkyl halides is 2. The number of anilines is 2. The SMILES string of the molecule is Nc1ccccc1CNc1ccc(OC(F)F)c(Cl)c1. The van der Waals surface area contributed by atoms with Gasteiger partial charge in [-0.05, 0) is 29.8 Å². The number of para-hydroxylation sites is 1. The highest BCUT2D eigenvalue weighted by atomic mass is 35.5. The number of nitrogen functional groups attached to an aromatic ring is 1. The lowest BCUT2D eigenvalue weighted by molar-refractivity contribution is -0.0497. The van der Waals surface area contributed by atoms with Gasteiger partial charge in [0.1, 0.15) is 5.75 Å². The normalized spacial score (nSPS) is 10.6. The average Bonchev–Trinajstić information content (AvgIpc) is 2.40. The van der Waals surface area contributed by atoms with Crippen LogP contribution in [0.2, 0.25) is 5.02 Å². The smallest absolute Gasteiger partial charge is 0.387 e. The molecule has 0 saturated heterocycles. The minimum absolute atomic E-state index is 0.0496. The fourth-order valence-electron chi connectivity index (χ4n) is 1.69. The lowest BCUT2D eigenvalue weighted by atomic mass is 10.2. The average molecular weight is 299 g/mol. The number of halogens is 3. The van der Waals surface area contributed by atoms with E-state index in [1.54, 1.807) is 6.07 Å². The molecule has 0 saturated carbocycles. The summed E-state index contributed by atoms with van der Waals surface area (Å²) >= 11 is 5.86. The number of ether oxygens (including phenoxy) is 1. The van der Waals surface area contributed by atoms with Crippen molar-refractivity contribution in [3.05, 3.63) is 53.1 Å². The maximum atomic E-state index is 12.1. The van der Waals surface area contributed by atoms with Crippen molar-refractivity contribution in [2.24, 2.45) is 0 Å². The molecular formula is C14H13ClF2N2O. The van der Waals surface area contributed by atoms with E-state index in [0.717, 1.165) is 5.56 Å². The monoisotopic (exact) mass is 298 g/mol. The first-order valence-corrected chi connectivity index (χ1v) is 6.25. The van der Waals surface area contributed by atoms with E-state index >= 15 is 0 Å². The highest BCUT2D eigenvalue weighted by Gasteiger charge is 2.09. The molecule has 0 amide bonds. The van der Waals surface area contributed by atoms with E-state index in [0.29, 0.717) is 17.9 Å². The predicted molar refractivity (Wildman–Crippen MR) is 76.3 cm³/mol. The Morgan fingerprint density at radius 2 is 1.95 bits per heavy atom. The van der Waals surface area contributed by atoms with Gasteiger partial charge in [0.2, 0.25) is 0 Å². The molecule has 0 fully saturated rings. The van der Waals surface area contributed by atoms with Crippen LogP contribution in [0.3, 0.4) is 0 Å². The molecule has 0 aliphatic heterocycles. The van der Waals surface area contributed by atoms with E-state index in [4.69, 9.17) is 17.3 Å². The third-order valence-corrected chi connectivity index (χ3v) is 2.98. The number of hydrogen-bond acceptors (Lipinski definition) is 3. The van der Waals surface area contributed by atoms with Gasteiger partial charge in [0.25, 0.3) is 0 Å². The third kappa shape index (κ3) is 3.74. The Morgan fingerprint density at radius 3 is 2.60 bits per heavy atom. The molecule has 2 rings (SSSR count). The number of nitrogens with two attached hydrogens (primary N) is 1. The van der Waals surface area contributed by atoms with Crippen molar-refractivity contribution >= 4 is 23.0 Å².